The van der Waals surface area contributed by atoms with Crippen LogP contribution in [0.2, 0.25) is 0 Å². The number of benzene rings is 1. The summed E-state index contributed by atoms with van der Waals surface area (Å²) in [5.41, 5.74) is 6.10. The van der Waals surface area contributed by atoms with Crippen LogP contribution in [0.3, 0.4) is 0 Å². The number of nitrogens with one attached hydrogen (secondary N) is 1. The topological polar surface area (TPSA) is 32.3 Å². The van der Waals surface area contributed by atoms with Crippen molar-refractivity contribution in [3.05, 3.63) is 35.4 Å². The first-order valence-electron chi connectivity index (χ1n) is 9.95. The van der Waals surface area contributed by atoms with E-state index in [0.717, 1.165) is 58.3 Å². The van der Waals surface area contributed by atoms with Crippen LogP contribution in [-0.2, 0) is 11.3 Å². The first-order chi connectivity index (χ1) is 12.0. The number of likely N-dealkylation sites (tertiary alicyclic amines) is 1. The minimum Gasteiger partial charge on any atom is -0.333 e. The average Bonchev–Trinajstić information content (AvgIpc) is 3.00. The van der Waals surface area contributed by atoms with Gasteiger partial charge in [0.05, 0.1) is 13.6 Å². The summed E-state index contributed by atoms with van der Waals surface area (Å²) in [5, 5.41) is 0. The van der Waals surface area contributed by atoms with Crippen LogP contribution < -0.4 is 5.43 Å². The van der Waals surface area contributed by atoms with Gasteiger partial charge in [-0.05, 0) is 25.3 Å². The fourth-order valence-corrected chi connectivity index (χ4v) is 3.72. The summed E-state index contributed by atoms with van der Waals surface area (Å²) in [7, 11) is 2.19. The number of likely N-dealkylation sites (N-methyl/N-ethyl adjacent to an activating group) is 1. The van der Waals surface area contributed by atoms with E-state index < -0.39 is 0 Å². The SMILES string of the molecule is CCCCN(Cc1ccc(C)cc1)C(=O)C1CCC[N+]1(C)NCCC. The molecule has 2 rings (SSSR count). The molecule has 4 nitrogen and oxygen atoms in total. The van der Waals surface area contributed by atoms with E-state index in [1.165, 1.54) is 11.1 Å². The highest BCUT2D eigenvalue weighted by molar-refractivity contribution is 5.81. The van der Waals surface area contributed by atoms with Crippen LogP contribution in [0.5, 0.6) is 0 Å². The Bertz CT molecular complexity index is 543. The van der Waals surface area contributed by atoms with E-state index in [0.29, 0.717) is 10.5 Å². The van der Waals surface area contributed by atoms with Crippen LogP contribution in [0.1, 0.15) is 57.1 Å². The van der Waals surface area contributed by atoms with Crippen LogP contribution in [0.25, 0.3) is 0 Å². The summed E-state index contributed by atoms with van der Waals surface area (Å²) in [6.07, 6.45) is 5.38. The van der Waals surface area contributed by atoms with Gasteiger partial charge in [-0.1, -0.05) is 50.1 Å². The van der Waals surface area contributed by atoms with Crippen molar-refractivity contribution in [2.24, 2.45) is 0 Å². The van der Waals surface area contributed by atoms with Gasteiger partial charge in [0.15, 0.2) is 6.04 Å². The molecular weight excluding hydrogens is 310 g/mol. The standard InChI is InChI=1S/C21H36N3O/c1-5-7-15-23(17-19-12-10-18(3)11-13-19)21(25)20-9-8-16-24(20,4)22-14-6-2/h10-13,20,22H,5-9,14-17H2,1-4H3/q+1. The quantitative estimate of drug-likeness (QED) is 0.692. The fourth-order valence-electron chi connectivity index (χ4n) is 3.72. The number of hydrogen-bond donors (Lipinski definition) is 1. The molecule has 0 radical (unpaired) electrons. The molecule has 0 bridgehead atoms. The van der Waals surface area contributed by atoms with Gasteiger partial charge < -0.3 is 4.90 Å². The van der Waals surface area contributed by atoms with Crippen molar-refractivity contribution in [3.63, 3.8) is 0 Å². The molecule has 1 heterocycles. The minimum atomic E-state index is 0.0499. The number of nitrogens with zero attached hydrogens (tertiary/aromatic N) is 2. The maximum absolute atomic E-state index is 13.4. The third-order valence-corrected chi connectivity index (χ3v) is 5.38. The molecule has 1 N–H and O–H groups in total. The van der Waals surface area contributed by atoms with E-state index in [-0.39, 0.29) is 6.04 Å². The molecule has 140 valence electrons. The second kappa shape index (κ2) is 9.35. The summed E-state index contributed by atoms with van der Waals surface area (Å²) in [4.78, 5) is 15.5. The van der Waals surface area contributed by atoms with E-state index >= 15 is 0 Å². The summed E-state index contributed by atoms with van der Waals surface area (Å²) >= 11 is 0. The van der Waals surface area contributed by atoms with Crippen molar-refractivity contribution in [2.45, 2.75) is 65.5 Å². The highest BCUT2D eigenvalue weighted by Crippen LogP contribution is 2.25. The van der Waals surface area contributed by atoms with Gasteiger partial charge in [-0.2, -0.15) is 5.43 Å². The largest absolute Gasteiger partial charge is 0.333 e. The number of aryl methyl sites for hydroxylation is 1. The van der Waals surface area contributed by atoms with Gasteiger partial charge in [0.25, 0.3) is 5.91 Å². The molecule has 0 spiro atoms. The molecule has 1 aliphatic rings. The monoisotopic (exact) mass is 346 g/mol. The molecule has 2 atom stereocenters. The highest BCUT2D eigenvalue weighted by Gasteiger charge is 2.45. The molecule has 1 saturated heterocycles. The van der Waals surface area contributed by atoms with E-state index in [2.05, 4.69) is 62.4 Å². The van der Waals surface area contributed by atoms with Crippen LogP contribution in [0.15, 0.2) is 24.3 Å². The van der Waals surface area contributed by atoms with Crippen molar-refractivity contribution < 1.29 is 9.39 Å². The van der Waals surface area contributed by atoms with Gasteiger partial charge in [-0.25, -0.2) is 4.59 Å². The maximum Gasteiger partial charge on any atom is 0.283 e. The summed E-state index contributed by atoms with van der Waals surface area (Å²) in [6, 6.07) is 8.63. The second-order valence-electron chi connectivity index (χ2n) is 7.66. The Hall–Kier alpha value is -1.39. The van der Waals surface area contributed by atoms with Crippen LogP contribution >= 0.6 is 0 Å². The van der Waals surface area contributed by atoms with Crippen LogP contribution in [-0.4, -0.2) is 48.1 Å². The third-order valence-electron chi connectivity index (χ3n) is 5.38. The molecule has 4 heteroatoms. The van der Waals surface area contributed by atoms with Gasteiger partial charge in [0, 0.05) is 32.5 Å². The molecule has 2 unspecified atom stereocenters. The lowest BCUT2D eigenvalue weighted by Gasteiger charge is -2.37. The van der Waals surface area contributed by atoms with E-state index in [4.69, 9.17) is 0 Å². The Morgan fingerprint density at radius 2 is 1.96 bits per heavy atom. The molecule has 1 aromatic rings. The maximum atomic E-state index is 13.4. The Balaban J connectivity index is 2.12. The van der Waals surface area contributed by atoms with E-state index in [1.807, 2.05) is 0 Å². The number of carbonyl (C=O) groups excluding carboxylic acids is 1. The number of amides is 1. The lowest BCUT2D eigenvalue weighted by atomic mass is 10.1. The normalized spacial score (nSPS) is 23.0. The Morgan fingerprint density at radius 3 is 2.60 bits per heavy atom. The second-order valence-corrected chi connectivity index (χ2v) is 7.66. The predicted molar refractivity (Wildman–Crippen MR) is 104 cm³/mol. The number of carbonyl (C=O) groups is 1. The lowest BCUT2D eigenvalue weighted by Crippen LogP contribution is -2.62. The average molecular weight is 347 g/mol. The van der Waals surface area contributed by atoms with Crippen molar-refractivity contribution in [1.29, 1.82) is 0 Å². The fraction of sp³-hybridized carbons (Fsp3) is 0.667. The molecule has 0 aromatic heterocycles. The first-order valence-corrected chi connectivity index (χ1v) is 9.95. The zero-order valence-corrected chi connectivity index (χ0v) is 16.6. The lowest BCUT2D eigenvalue weighted by molar-refractivity contribution is -0.955. The smallest absolute Gasteiger partial charge is 0.283 e. The van der Waals surface area contributed by atoms with Crippen molar-refractivity contribution in [1.82, 2.24) is 10.3 Å². The summed E-state index contributed by atoms with van der Waals surface area (Å²) in [6.45, 7) is 10.1. The Morgan fingerprint density at radius 1 is 1.24 bits per heavy atom. The van der Waals surface area contributed by atoms with Gasteiger partial charge in [0.2, 0.25) is 0 Å². The molecular formula is C21H36N3O+. The van der Waals surface area contributed by atoms with Crippen LogP contribution in [0.4, 0.5) is 0 Å². The molecule has 1 aromatic carbocycles. The molecule has 0 aliphatic carbocycles. The Kier molecular flexibility index (Phi) is 7.45. The molecule has 1 amide bonds. The summed E-state index contributed by atoms with van der Waals surface area (Å²) < 4.78 is 0.698. The number of unbranched alkanes of at least 4 members (excludes halogenated alkanes) is 1. The zero-order valence-electron chi connectivity index (χ0n) is 16.6. The van der Waals surface area contributed by atoms with Gasteiger partial charge in [-0.3, -0.25) is 4.79 Å². The third kappa shape index (κ3) is 5.29. The van der Waals surface area contributed by atoms with Gasteiger partial charge in [-0.15, -0.1) is 0 Å². The molecule has 1 fully saturated rings. The first kappa shape index (κ1) is 19.9. The summed E-state index contributed by atoms with van der Waals surface area (Å²) in [5.74, 6) is 0.317. The van der Waals surface area contributed by atoms with E-state index in [9.17, 15) is 4.79 Å². The van der Waals surface area contributed by atoms with Crippen molar-refractivity contribution in [3.8, 4) is 0 Å². The number of quaternary nitrogens is 1. The number of rotatable bonds is 9. The van der Waals surface area contributed by atoms with Gasteiger partial charge in [0.1, 0.15) is 0 Å². The predicted octanol–water partition coefficient (Wildman–Crippen LogP) is 3.65. The van der Waals surface area contributed by atoms with Gasteiger partial charge >= 0.3 is 0 Å². The minimum absolute atomic E-state index is 0.0499. The Labute approximate surface area is 153 Å². The number of hydrogen-bond acceptors (Lipinski definition) is 2. The van der Waals surface area contributed by atoms with Crippen molar-refractivity contribution in [2.75, 3.05) is 26.7 Å². The molecule has 25 heavy (non-hydrogen) atoms. The van der Waals surface area contributed by atoms with E-state index in [1.54, 1.807) is 0 Å². The van der Waals surface area contributed by atoms with Crippen LogP contribution in [0, 0.1) is 6.92 Å². The molecule has 1 aliphatic heterocycles. The van der Waals surface area contributed by atoms with Crippen molar-refractivity contribution >= 4 is 5.91 Å². The molecule has 0 saturated carbocycles. The highest BCUT2D eigenvalue weighted by atomic mass is 16.2. The zero-order chi connectivity index (χ0) is 18.3.